The summed E-state index contributed by atoms with van der Waals surface area (Å²) in [5, 5.41) is 2.94. The van der Waals surface area contributed by atoms with Gasteiger partial charge in [0.2, 0.25) is 5.95 Å². The van der Waals surface area contributed by atoms with E-state index in [2.05, 4.69) is 24.1 Å². The average Bonchev–Trinajstić information content (AvgIpc) is 2.47. The highest BCUT2D eigenvalue weighted by Gasteiger charge is 2.17. The summed E-state index contributed by atoms with van der Waals surface area (Å²) in [5.41, 5.74) is 1.13. The number of benzene rings is 1. The molecule has 0 aliphatic heterocycles. The van der Waals surface area contributed by atoms with Gasteiger partial charge in [0.15, 0.2) is 0 Å². The van der Waals surface area contributed by atoms with Crippen molar-refractivity contribution >= 4 is 5.91 Å². The van der Waals surface area contributed by atoms with Gasteiger partial charge < -0.3 is 5.32 Å². The van der Waals surface area contributed by atoms with Crippen LogP contribution in [0.1, 0.15) is 42.4 Å². The number of nitrogens with one attached hydrogen (secondary N) is 1. The second kappa shape index (κ2) is 6.97. The fourth-order valence-corrected chi connectivity index (χ4v) is 2.20. The normalized spacial score (nSPS) is 12.2. The first-order valence-electron chi connectivity index (χ1n) is 7.04. The van der Waals surface area contributed by atoms with E-state index in [4.69, 9.17) is 0 Å². The Morgan fingerprint density at radius 2 is 1.86 bits per heavy atom. The van der Waals surface area contributed by atoms with Crippen molar-refractivity contribution in [1.82, 2.24) is 10.3 Å². The molecule has 1 N–H and O–H groups in total. The lowest BCUT2D eigenvalue weighted by Crippen LogP contribution is -2.30. The monoisotopic (exact) mass is 286 g/mol. The van der Waals surface area contributed by atoms with Gasteiger partial charge in [-0.2, -0.15) is 4.39 Å². The summed E-state index contributed by atoms with van der Waals surface area (Å²) in [6.45, 7) is 4.20. The van der Waals surface area contributed by atoms with Crippen molar-refractivity contribution < 1.29 is 9.18 Å². The Bertz CT molecular complexity index is 599. The molecule has 0 saturated carbocycles. The molecule has 0 bridgehead atoms. The minimum absolute atomic E-state index is 0.0969. The van der Waals surface area contributed by atoms with Crippen molar-refractivity contribution in [2.75, 3.05) is 0 Å². The third-order valence-corrected chi connectivity index (χ3v) is 3.16. The van der Waals surface area contributed by atoms with Crippen LogP contribution in [0.2, 0.25) is 0 Å². The maximum atomic E-state index is 13.1. The van der Waals surface area contributed by atoms with Gasteiger partial charge in [0.1, 0.15) is 5.69 Å². The van der Waals surface area contributed by atoms with Crippen LogP contribution in [0.5, 0.6) is 0 Å². The fraction of sp³-hybridized carbons (Fsp3) is 0.294. The molecule has 3 nitrogen and oxygen atoms in total. The first kappa shape index (κ1) is 15.2. The van der Waals surface area contributed by atoms with Gasteiger partial charge in [-0.25, -0.2) is 4.98 Å². The summed E-state index contributed by atoms with van der Waals surface area (Å²) in [6.07, 6.45) is 0.811. The van der Waals surface area contributed by atoms with Crippen molar-refractivity contribution in [3.8, 4) is 0 Å². The van der Waals surface area contributed by atoms with Crippen molar-refractivity contribution in [1.29, 1.82) is 0 Å². The number of rotatable bonds is 5. The number of hydrogen-bond donors (Lipinski definition) is 1. The Kier molecular flexibility index (Phi) is 5.04. The number of hydrogen-bond acceptors (Lipinski definition) is 2. The zero-order valence-electron chi connectivity index (χ0n) is 12.2. The van der Waals surface area contributed by atoms with E-state index in [1.165, 1.54) is 18.2 Å². The highest BCUT2D eigenvalue weighted by atomic mass is 19.1. The minimum atomic E-state index is -0.650. The van der Waals surface area contributed by atoms with Crippen molar-refractivity contribution in [2.24, 2.45) is 5.92 Å². The molecule has 2 aromatic rings. The zero-order chi connectivity index (χ0) is 15.2. The molecule has 110 valence electrons. The summed E-state index contributed by atoms with van der Waals surface area (Å²) in [6, 6.07) is 13.9. The maximum absolute atomic E-state index is 13.1. The minimum Gasteiger partial charge on any atom is -0.344 e. The van der Waals surface area contributed by atoms with Crippen LogP contribution in [0.15, 0.2) is 48.5 Å². The summed E-state index contributed by atoms with van der Waals surface area (Å²) < 4.78 is 13.1. The van der Waals surface area contributed by atoms with E-state index in [-0.39, 0.29) is 17.6 Å². The number of aromatic nitrogens is 1. The molecule has 1 atom stereocenters. The number of halogens is 1. The Hall–Kier alpha value is -2.23. The van der Waals surface area contributed by atoms with E-state index < -0.39 is 5.95 Å². The largest absolute Gasteiger partial charge is 0.344 e. The molecule has 1 aromatic carbocycles. The van der Waals surface area contributed by atoms with E-state index in [0.717, 1.165) is 12.0 Å². The second-order valence-corrected chi connectivity index (χ2v) is 5.41. The molecule has 1 aromatic heterocycles. The van der Waals surface area contributed by atoms with Gasteiger partial charge in [0.25, 0.3) is 5.91 Å². The Balaban J connectivity index is 2.17. The highest BCUT2D eigenvalue weighted by Crippen LogP contribution is 2.21. The summed E-state index contributed by atoms with van der Waals surface area (Å²) in [7, 11) is 0. The SMILES string of the molecule is CC(C)CC(NC(=O)c1cccc(F)n1)c1ccccc1. The molecule has 1 heterocycles. The Morgan fingerprint density at radius 3 is 2.48 bits per heavy atom. The molecular formula is C17H19FN2O. The molecule has 21 heavy (non-hydrogen) atoms. The number of carbonyl (C=O) groups excluding carboxylic acids is 1. The van der Waals surface area contributed by atoms with Crippen LogP contribution in [0.25, 0.3) is 0 Å². The van der Waals surface area contributed by atoms with Gasteiger partial charge in [0.05, 0.1) is 6.04 Å². The van der Waals surface area contributed by atoms with Crippen LogP contribution in [-0.4, -0.2) is 10.9 Å². The number of nitrogens with zero attached hydrogens (tertiary/aromatic N) is 1. The molecule has 0 spiro atoms. The third-order valence-electron chi connectivity index (χ3n) is 3.16. The third kappa shape index (κ3) is 4.38. The van der Waals surface area contributed by atoms with Crippen molar-refractivity contribution in [3.05, 3.63) is 65.7 Å². The molecule has 0 saturated heterocycles. The van der Waals surface area contributed by atoms with E-state index in [0.29, 0.717) is 5.92 Å². The predicted molar refractivity (Wildman–Crippen MR) is 80.3 cm³/mol. The van der Waals surface area contributed by atoms with Crippen molar-refractivity contribution in [2.45, 2.75) is 26.3 Å². The molecule has 1 amide bonds. The quantitative estimate of drug-likeness (QED) is 0.851. The summed E-state index contributed by atoms with van der Waals surface area (Å²) in [4.78, 5) is 15.8. The van der Waals surface area contributed by atoms with Gasteiger partial charge in [-0.05, 0) is 30.0 Å². The Labute approximate surface area is 124 Å². The van der Waals surface area contributed by atoms with E-state index in [1.54, 1.807) is 0 Å². The van der Waals surface area contributed by atoms with Crippen LogP contribution >= 0.6 is 0 Å². The maximum Gasteiger partial charge on any atom is 0.270 e. The smallest absolute Gasteiger partial charge is 0.270 e. The fourth-order valence-electron chi connectivity index (χ4n) is 2.20. The van der Waals surface area contributed by atoms with Crippen molar-refractivity contribution in [3.63, 3.8) is 0 Å². The van der Waals surface area contributed by atoms with E-state index >= 15 is 0 Å². The summed E-state index contributed by atoms with van der Waals surface area (Å²) >= 11 is 0. The molecule has 0 radical (unpaired) electrons. The summed E-state index contributed by atoms with van der Waals surface area (Å²) in [5.74, 6) is -0.581. The van der Waals surface area contributed by atoms with Gasteiger partial charge in [-0.3, -0.25) is 4.79 Å². The molecule has 2 rings (SSSR count). The first-order valence-corrected chi connectivity index (χ1v) is 7.04. The molecule has 0 aliphatic rings. The molecule has 0 aliphatic carbocycles. The van der Waals surface area contributed by atoms with Gasteiger partial charge in [0, 0.05) is 0 Å². The second-order valence-electron chi connectivity index (χ2n) is 5.41. The van der Waals surface area contributed by atoms with Crippen LogP contribution < -0.4 is 5.32 Å². The molecule has 1 unspecified atom stereocenters. The van der Waals surface area contributed by atoms with E-state index in [9.17, 15) is 9.18 Å². The molecule has 0 fully saturated rings. The molecule has 4 heteroatoms. The van der Waals surface area contributed by atoms with E-state index in [1.807, 2.05) is 30.3 Å². The van der Waals surface area contributed by atoms with Gasteiger partial charge in [-0.15, -0.1) is 0 Å². The zero-order valence-corrected chi connectivity index (χ0v) is 12.2. The standard InChI is InChI=1S/C17H19FN2O/c1-12(2)11-15(13-7-4-3-5-8-13)20-17(21)14-9-6-10-16(18)19-14/h3-10,12,15H,11H2,1-2H3,(H,20,21). The van der Waals surface area contributed by atoms with Crippen LogP contribution in [-0.2, 0) is 0 Å². The van der Waals surface area contributed by atoms with Gasteiger partial charge in [-0.1, -0.05) is 50.2 Å². The van der Waals surface area contributed by atoms with Gasteiger partial charge >= 0.3 is 0 Å². The first-order chi connectivity index (χ1) is 10.1. The number of pyridine rings is 1. The molecular weight excluding hydrogens is 267 g/mol. The van der Waals surface area contributed by atoms with Crippen LogP contribution in [0, 0.1) is 11.9 Å². The van der Waals surface area contributed by atoms with Crippen LogP contribution in [0.4, 0.5) is 4.39 Å². The highest BCUT2D eigenvalue weighted by molar-refractivity contribution is 5.92. The predicted octanol–water partition coefficient (Wildman–Crippen LogP) is 3.74. The average molecular weight is 286 g/mol. The topological polar surface area (TPSA) is 42.0 Å². The lowest BCUT2D eigenvalue weighted by atomic mass is 9.97. The lowest BCUT2D eigenvalue weighted by molar-refractivity contribution is 0.0925. The lowest BCUT2D eigenvalue weighted by Gasteiger charge is -2.21. The number of carbonyl (C=O) groups is 1. The Morgan fingerprint density at radius 1 is 1.14 bits per heavy atom. The number of amides is 1. The van der Waals surface area contributed by atoms with Crippen LogP contribution in [0.3, 0.4) is 0 Å².